The maximum absolute atomic E-state index is 13.6. The zero-order chi connectivity index (χ0) is 53.3. The molecule has 0 unspecified atom stereocenters. The molecule has 0 aromatic heterocycles. The summed E-state index contributed by atoms with van der Waals surface area (Å²) in [6, 6.07) is 0. The summed E-state index contributed by atoms with van der Waals surface area (Å²) in [4.78, 5) is 94.9. The first-order valence-corrected chi connectivity index (χ1v) is 30.4. The average Bonchev–Trinajstić information content (AvgIpc) is 3.69. The number of ether oxygens (including phenoxy) is 3. The van der Waals surface area contributed by atoms with E-state index in [0.717, 1.165) is 57.8 Å². The lowest BCUT2D eigenvalue weighted by Crippen LogP contribution is -2.59. The molecule has 0 radical (unpaired) electrons. The Balaban J connectivity index is 2.87. The summed E-state index contributed by atoms with van der Waals surface area (Å²) >= 11 is 0. The molecule has 0 atom stereocenters. The van der Waals surface area contributed by atoms with Crippen molar-refractivity contribution in [2.45, 2.75) is 322 Å². The van der Waals surface area contributed by atoms with Crippen molar-refractivity contribution in [2.24, 2.45) is 0 Å². The Kier molecular flexibility index (Phi) is 44.5. The lowest BCUT2D eigenvalue weighted by molar-refractivity contribution is -0.197. The van der Waals surface area contributed by atoms with Crippen LogP contribution in [0.15, 0.2) is 0 Å². The van der Waals surface area contributed by atoms with E-state index >= 15 is 0 Å². The molecule has 1 rings (SSSR count). The van der Waals surface area contributed by atoms with Gasteiger partial charge in [-0.3, -0.25) is 28.8 Å². The number of rotatable bonds is 53. The molecule has 13 heteroatoms. The number of esters is 3. The Morgan fingerprint density at radius 3 is 0.863 bits per heavy atom. The maximum atomic E-state index is 13.6. The Bertz CT molecular complexity index is 1310. The second kappa shape index (κ2) is 48.2. The van der Waals surface area contributed by atoms with Gasteiger partial charge in [0, 0.05) is 38.5 Å². The number of carbonyl (C=O) groups is 7. The largest absolute Gasteiger partial charge is 0.463 e. The molecule has 1 saturated heterocycles. The van der Waals surface area contributed by atoms with Crippen LogP contribution in [0.5, 0.6) is 0 Å². The highest BCUT2D eigenvalue weighted by molar-refractivity contribution is 6.01. The molecular formula is C60H108N2O11. The minimum Gasteiger partial charge on any atom is -0.463 e. The predicted octanol–water partition coefficient (Wildman–Crippen LogP) is 15.3. The van der Waals surface area contributed by atoms with Gasteiger partial charge < -0.3 is 24.4 Å². The second-order valence-corrected chi connectivity index (χ2v) is 21.3. The highest BCUT2D eigenvalue weighted by Crippen LogP contribution is 2.19. The van der Waals surface area contributed by atoms with Gasteiger partial charge in [-0.15, -0.1) is 5.06 Å². The van der Waals surface area contributed by atoms with E-state index in [2.05, 4.69) is 26.1 Å². The Hall–Kier alpha value is -3.51. The van der Waals surface area contributed by atoms with Crippen LogP contribution in [0.25, 0.3) is 0 Å². The number of imide groups is 1. The van der Waals surface area contributed by atoms with Gasteiger partial charge >= 0.3 is 23.9 Å². The van der Waals surface area contributed by atoms with Crippen LogP contribution in [0, 0.1) is 0 Å². The van der Waals surface area contributed by atoms with Crippen molar-refractivity contribution in [3.8, 4) is 0 Å². The van der Waals surface area contributed by atoms with E-state index in [9.17, 15) is 33.6 Å². The topological polar surface area (TPSA) is 172 Å². The van der Waals surface area contributed by atoms with Gasteiger partial charge in [0.15, 0.2) is 0 Å². The number of amides is 3. The fraction of sp³-hybridized carbons (Fsp3) is 0.883. The predicted molar refractivity (Wildman–Crippen MR) is 291 cm³/mol. The molecule has 13 nitrogen and oxygen atoms in total. The Labute approximate surface area is 444 Å². The van der Waals surface area contributed by atoms with Gasteiger partial charge in [-0.05, 0) is 19.3 Å². The molecule has 424 valence electrons. The van der Waals surface area contributed by atoms with Crippen LogP contribution in [0.2, 0.25) is 0 Å². The fourth-order valence-electron chi connectivity index (χ4n) is 9.35. The smallest absolute Gasteiger partial charge is 0.333 e. The monoisotopic (exact) mass is 1030 g/mol. The molecule has 0 aromatic carbocycles. The molecule has 73 heavy (non-hydrogen) atoms. The van der Waals surface area contributed by atoms with Gasteiger partial charge in [0.2, 0.25) is 5.91 Å². The van der Waals surface area contributed by atoms with Crippen LogP contribution in [0.1, 0.15) is 316 Å². The number of hydrogen-bond acceptors (Lipinski definition) is 11. The number of hydrogen-bond donors (Lipinski definition) is 1. The molecule has 1 N–H and O–H groups in total. The van der Waals surface area contributed by atoms with Crippen LogP contribution in [-0.4, -0.2) is 72.0 Å². The van der Waals surface area contributed by atoms with E-state index in [4.69, 9.17) is 19.0 Å². The molecule has 1 aliphatic heterocycles. The van der Waals surface area contributed by atoms with Crippen LogP contribution in [-0.2, 0) is 52.6 Å². The fourth-order valence-corrected chi connectivity index (χ4v) is 9.35. The summed E-state index contributed by atoms with van der Waals surface area (Å²) in [7, 11) is 0. The van der Waals surface area contributed by atoms with Crippen molar-refractivity contribution in [2.75, 3.05) is 19.8 Å². The van der Waals surface area contributed by atoms with Crippen molar-refractivity contribution in [1.29, 1.82) is 0 Å². The summed E-state index contributed by atoms with van der Waals surface area (Å²) in [5, 5.41) is 3.21. The van der Waals surface area contributed by atoms with Crippen molar-refractivity contribution < 1.29 is 52.6 Å². The van der Waals surface area contributed by atoms with E-state index < -0.39 is 79.8 Å². The molecule has 1 heterocycles. The molecular weight excluding hydrogens is 925 g/mol. The first kappa shape index (κ1) is 67.5. The van der Waals surface area contributed by atoms with Gasteiger partial charge in [-0.2, -0.15) is 0 Å². The van der Waals surface area contributed by atoms with Crippen molar-refractivity contribution in [3.05, 3.63) is 0 Å². The number of carbonyl (C=O) groups excluding carboxylic acids is 7. The Morgan fingerprint density at radius 2 is 0.603 bits per heavy atom. The number of unbranched alkanes of at least 4 members (excludes halogenated alkanes) is 36. The summed E-state index contributed by atoms with van der Waals surface area (Å²) in [6.07, 6.45) is 45.1. The molecule has 1 aliphatic rings. The normalized spacial score (nSPS) is 12.6. The minimum absolute atomic E-state index is 0.0661. The molecule has 1 fully saturated rings. The third-order valence-corrected chi connectivity index (χ3v) is 14.1. The molecule has 0 aromatic rings. The SMILES string of the molecule is CCCCCCCCCCCCCCCC(=O)OCC(COC(=O)CCCCCCCCCCCCCCC)(COC(=O)CCCCCCCCCCCCCCC)NC(=O)CCC(=O)ON1C(=O)CCC1=O. The van der Waals surface area contributed by atoms with Gasteiger partial charge in [0.05, 0.1) is 6.42 Å². The van der Waals surface area contributed by atoms with Crippen LogP contribution < -0.4 is 5.32 Å². The Morgan fingerprint density at radius 1 is 0.356 bits per heavy atom. The maximum Gasteiger partial charge on any atom is 0.333 e. The molecule has 3 amide bonds. The van der Waals surface area contributed by atoms with Crippen LogP contribution >= 0.6 is 0 Å². The van der Waals surface area contributed by atoms with Crippen molar-refractivity contribution in [3.63, 3.8) is 0 Å². The van der Waals surface area contributed by atoms with E-state index in [-0.39, 0.29) is 32.1 Å². The third kappa shape index (κ3) is 40.5. The number of nitrogens with one attached hydrogen (secondary N) is 1. The molecule has 0 saturated carbocycles. The third-order valence-electron chi connectivity index (χ3n) is 14.1. The molecule has 0 bridgehead atoms. The van der Waals surface area contributed by atoms with Crippen molar-refractivity contribution >= 4 is 41.6 Å². The average molecular weight is 1030 g/mol. The van der Waals surface area contributed by atoms with E-state index in [0.29, 0.717) is 24.3 Å². The number of hydroxylamine groups is 2. The van der Waals surface area contributed by atoms with E-state index in [1.165, 1.54) is 173 Å². The summed E-state index contributed by atoms with van der Waals surface area (Å²) < 4.78 is 17.3. The summed E-state index contributed by atoms with van der Waals surface area (Å²) in [6.45, 7) is 5.41. The van der Waals surface area contributed by atoms with Gasteiger partial charge in [-0.1, -0.05) is 252 Å². The zero-order valence-corrected chi connectivity index (χ0v) is 47.1. The second-order valence-electron chi connectivity index (χ2n) is 21.3. The standard InChI is InChI=1S/C60H108N2O11/c1-4-7-10-13-16-19-22-25-28-31-34-37-40-43-56(66)70-50-60(61-53(63)46-49-59(69)73-62-54(64)47-48-55(62)65,51-71-57(67)44-41-38-35-32-29-26-23-20-17-14-11-8-5-2)52-72-58(68)45-42-39-36-33-30-27-24-21-18-15-12-9-6-3/h4-52H2,1-3H3,(H,61,63). The molecule has 0 spiro atoms. The lowest BCUT2D eigenvalue weighted by atomic mass is 10.0. The van der Waals surface area contributed by atoms with Crippen LogP contribution in [0.3, 0.4) is 0 Å². The minimum atomic E-state index is -1.65. The highest BCUT2D eigenvalue weighted by Gasteiger charge is 2.38. The van der Waals surface area contributed by atoms with Crippen LogP contribution in [0.4, 0.5) is 0 Å². The van der Waals surface area contributed by atoms with E-state index in [1.54, 1.807) is 0 Å². The summed E-state index contributed by atoms with van der Waals surface area (Å²) in [5.41, 5.74) is -1.65. The number of nitrogens with zero attached hydrogens (tertiary/aromatic N) is 1. The van der Waals surface area contributed by atoms with Gasteiger partial charge in [0.1, 0.15) is 25.4 Å². The van der Waals surface area contributed by atoms with E-state index in [1.807, 2.05) is 0 Å². The quantitative estimate of drug-likeness (QED) is 0.0266. The van der Waals surface area contributed by atoms with Gasteiger partial charge in [-0.25, -0.2) is 4.79 Å². The zero-order valence-electron chi connectivity index (χ0n) is 47.1. The lowest BCUT2D eigenvalue weighted by Gasteiger charge is -2.33. The molecule has 0 aliphatic carbocycles. The first-order valence-electron chi connectivity index (χ1n) is 30.4. The van der Waals surface area contributed by atoms with Crippen molar-refractivity contribution in [1.82, 2.24) is 10.4 Å². The highest BCUT2D eigenvalue weighted by atomic mass is 16.7. The summed E-state index contributed by atoms with van der Waals surface area (Å²) in [5.74, 6) is -4.37. The van der Waals surface area contributed by atoms with Gasteiger partial charge in [0.25, 0.3) is 11.8 Å². The first-order chi connectivity index (χ1) is 35.6.